The van der Waals surface area contributed by atoms with Gasteiger partial charge in [-0.1, -0.05) is 53.9 Å². The number of rotatable bonds is 8. The van der Waals surface area contributed by atoms with Crippen LogP contribution in [0.2, 0.25) is 5.02 Å². The maximum absolute atomic E-state index is 12.7. The number of nitrogens with zero attached hydrogens (tertiary/aromatic N) is 1. The van der Waals surface area contributed by atoms with Gasteiger partial charge in [0.1, 0.15) is 0 Å². The normalized spacial score (nSPS) is 17.1. The van der Waals surface area contributed by atoms with Crippen LogP contribution in [0.15, 0.2) is 45.8 Å². The van der Waals surface area contributed by atoms with Crippen LogP contribution in [0, 0.1) is 5.92 Å². The van der Waals surface area contributed by atoms with Crippen LogP contribution in [0.1, 0.15) is 48.2 Å². The molecule has 1 aliphatic heterocycles. The Morgan fingerprint density at radius 3 is 2.61 bits per heavy atom. The van der Waals surface area contributed by atoms with Crippen LogP contribution in [0.25, 0.3) is 0 Å². The van der Waals surface area contributed by atoms with Crippen molar-refractivity contribution in [3.63, 3.8) is 0 Å². The minimum absolute atomic E-state index is 0.0139. The first-order valence-electron chi connectivity index (χ1n) is 10.5. The summed E-state index contributed by atoms with van der Waals surface area (Å²) in [6.45, 7) is 7.00. The Morgan fingerprint density at radius 1 is 1.19 bits per heavy atom. The van der Waals surface area contributed by atoms with Gasteiger partial charge in [-0.3, -0.25) is 9.69 Å². The molecule has 1 saturated heterocycles. The highest BCUT2D eigenvalue weighted by atomic mass is 79.9. The van der Waals surface area contributed by atoms with Gasteiger partial charge in [0.15, 0.2) is 9.84 Å². The summed E-state index contributed by atoms with van der Waals surface area (Å²) in [7, 11) is -3.41. The van der Waals surface area contributed by atoms with Gasteiger partial charge < -0.3 is 5.32 Å². The van der Waals surface area contributed by atoms with Gasteiger partial charge in [-0.05, 0) is 60.3 Å². The van der Waals surface area contributed by atoms with Crippen LogP contribution in [0.3, 0.4) is 0 Å². The van der Waals surface area contributed by atoms with E-state index in [1.807, 2.05) is 18.2 Å². The lowest BCUT2D eigenvalue weighted by molar-refractivity contribution is 0.0950. The standard InChI is InChI=1S/C23H28BrClN2O3S/c1-3-16-9-10-27(14-16)15-18-6-5-17(12-21(18)24)23(28)26-13-19-11-20(25)7-8-22(19)31(29,30)4-2/h5-8,11-12,16H,3-4,9-10,13-15H2,1-2H3,(H,26,28)/t16-/m1/s1. The van der Waals surface area contributed by atoms with Gasteiger partial charge in [0, 0.05) is 34.7 Å². The Morgan fingerprint density at radius 2 is 1.97 bits per heavy atom. The van der Waals surface area contributed by atoms with E-state index in [1.54, 1.807) is 19.1 Å². The van der Waals surface area contributed by atoms with E-state index in [0.717, 1.165) is 35.6 Å². The lowest BCUT2D eigenvalue weighted by Crippen LogP contribution is -2.24. The number of hydrogen-bond acceptors (Lipinski definition) is 4. The van der Waals surface area contributed by atoms with Crippen molar-refractivity contribution in [2.24, 2.45) is 5.92 Å². The maximum atomic E-state index is 12.7. The number of amides is 1. The van der Waals surface area contributed by atoms with Gasteiger partial charge in [0.25, 0.3) is 5.91 Å². The molecule has 2 aromatic carbocycles. The number of likely N-dealkylation sites (tertiary alicyclic amines) is 1. The van der Waals surface area contributed by atoms with Crippen LogP contribution >= 0.6 is 27.5 Å². The summed E-state index contributed by atoms with van der Waals surface area (Å²) in [5.41, 5.74) is 2.16. The summed E-state index contributed by atoms with van der Waals surface area (Å²) in [6, 6.07) is 10.2. The van der Waals surface area contributed by atoms with Gasteiger partial charge in [0.2, 0.25) is 0 Å². The highest BCUT2D eigenvalue weighted by Gasteiger charge is 2.22. The van der Waals surface area contributed by atoms with Crippen molar-refractivity contribution in [1.82, 2.24) is 10.2 Å². The molecule has 1 aliphatic rings. The van der Waals surface area contributed by atoms with Gasteiger partial charge in [-0.25, -0.2) is 8.42 Å². The molecule has 1 fully saturated rings. The van der Waals surface area contributed by atoms with E-state index in [4.69, 9.17) is 11.6 Å². The van der Waals surface area contributed by atoms with Crippen LogP contribution in [-0.4, -0.2) is 38.1 Å². The smallest absolute Gasteiger partial charge is 0.251 e. The number of hydrogen-bond donors (Lipinski definition) is 1. The first-order chi connectivity index (χ1) is 14.7. The second kappa shape index (κ2) is 10.5. The summed E-state index contributed by atoms with van der Waals surface area (Å²) in [5.74, 6) is 0.496. The second-order valence-electron chi connectivity index (χ2n) is 7.94. The average Bonchev–Trinajstić information content (AvgIpc) is 3.21. The molecule has 8 heteroatoms. The lowest BCUT2D eigenvalue weighted by atomic mass is 10.1. The van der Waals surface area contributed by atoms with E-state index in [9.17, 15) is 13.2 Å². The van der Waals surface area contributed by atoms with Crippen molar-refractivity contribution < 1.29 is 13.2 Å². The van der Waals surface area contributed by atoms with Gasteiger partial charge >= 0.3 is 0 Å². The molecule has 0 unspecified atom stereocenters. The summed E-state index contributed by atoms with van der Waals surface area (Å²) in [5, 5.41) is 3.25. The molecule has 2 aromatic rings. The quantitative estimate of drug-likeness (QED) is 0.521. The van der Waals surface area contributed by atoms with Crippen molar-refractivity contribution in [3.8, 4) is 0 Å². The number of nitrogens with one attached hydrogen (secondary N) is 1. The molecule has 0 spiro atoms. The monoisotopic (exact) mass is 526 g/mol. The first-order valence-corrected chi connectivity index (χ1v) is 13.4. The SMILES string of the molecule is CC[C@@H]1CCN(Cc2ccc(C(=O)NCc3cc(Cl)ccc3S(=O)(=O)CC)cc2Br)C1. The molecule has 31 heavy (non-hydrogen) atoms. The molecule has 1 heterocycles. The molecular weight excluding hydrogens is 500 g/mol. The Bertz CT molecular complexity index is 1060. The third kappa shape index (κ3) is 6.09. The summed E-state index contributed by atoms with van der Waals surface area (Å²) < 4.78 is 25.6. The number of sulfone groups is 1. The van der Waals surface area contributed by atoms with E-state index in [0.29, 0.717) is 16.1 Å². The predicted molar refractivity (Wildman–Crippen MR) is 128 cm³/mol. The molecule has 0 bridgehead atoms. The largest absolute Gasteiger partial charge is 0.348 e. The van der Waals surface area contributed by atoms with E-state index in [-0.39, 0.29) is 23.1 Å². The van der Waals surface area contributed by atoms with Crippen molar-refractivity contribution in [2.45, 2.75) is 44.7 Å². The first kappa shape index (κ1) is 24.2. The third-order valence-electron chi connectivity index (χ3n) is 5.83. The van der Waals surface area contributed by atoms with E-state index in [1.165, 1.54) is 18.9 Å². The van der Waals surface area contributed by atoms with Crippen LogP contribution < -0.4 is 5.32 Å². The number of carbonyl (C=O) groups excluding carboxylic acids is 1. The van der Waals surface area contributed by atoms with Crippen molar-refractivity contribution in [2.75, 3.05) is 18.8 Å². The zero-order chi connectivity index (χ0) is 22.6. The molecule has 0 radical (unpaired) electrons. The van der Waals surface area contributed by atoms with Crippen molar-refractivity contribution >= 4 is 43.3 Å². The predicted octanol–water partition coefficient (Wildman–Crippen LogP) is 5.06. The van der Waals surface area contributed by atoms with Gasteiger partial charge in [-0.15, -0.1) is 0 Å². The number of carbonyl (C=O) groups is 1. The second-order valence-corrected chi connectivity index (χ2v) is 11.5. The molecule has 1 N–H and O–H groups in total. The summed E-state index contributed by atoms with van der Waals surface area (Å²) in [6.07, 6.45) is 2.46. The molecule has 0 saturated carbocycles. The Kier molecular flexibility index (Phi) is 8.19. The molecule has 0 aliphatic carbocycles. The minimum atomic E-state index is -3.41. The highest BCUT2D eigenvalue weighted by Crippen LogP contribution is 2.26. The van der Waals surface area contributed by atoms with E-state index >= 15 is 0 Å². The fourth-order valence-electron chi connectivity index (χ4n) is 3.87. The molecule has 0 aromatic heterocycles. The van der Waals surface area contributed by atoms with E-state index < -0.39 is 9.84 Å². The van der Waals surface area contributed by atoms with Crippen molar-refractivity contribution in [1.29, 1.82) is 0 Å². The Labute approximate surface area is 198 Å². The molecule has 168 valence electrons. The van der Waals surface area contributed by atoms with Crippen LogP contribution in [0.4, 0.5) is 0 Å². The summed E-state index contributed by atoms with van der Waals surface area (Å²) in [4.78, 5) is 15.3. The van der Waals surface area contributed by atoms with Crippen LogP contribution in [0.5, 0.6) is 0 Å². The minimum Gasteiger partial charge on any atom is -0.348 e. The number of halogens is 2. The average molecular weight is 528 g/mol. The maximum Gasteiger partial charge on any atom is 0.251 e. The van der Waals surface area contributed by atoms with E-state index in [2.05, 4.69) is 33.1 Å². The lowest BCUT2D eigenvalue weighted by Gasteiger charge is -2.17. The zero-order valence-electron chi connectivity index (χ0n) is 17.8. The van der Waals surface area contributed by atoms with Gasteiger partial charge in [0.05, 0.1) is 10.6 Å². The summed E-state index contributed by atoms with van der Waals surface area (Å²) >= 11 is 9.66. The fourth-order valence-corrected chi connectivity index (χ4v) is 5.69. The van der Waals surface area contributed by atoms with Crippen LogP contribution in [-0.2, 0) is 22.9 Å². The Balaban J connectivity index is 1.68. The number of benzene rings is 2. The van der Waals surface area contributed by atoms with Crippen molar-refractivity contribution in [3.05, 3.63) is 62.6 Å². The molecule has 1 amide bonds. The highest BCUT2D eigenvalue weighted by molar-refractivity contribution is 9.10. The topological polar surface area (TPSA) is 66.5 Å². The zero-order valence-corrected chi connectivity index (χ0v) is 21.0. The molecule has 3 rings (SSSR count). The third-order valence-corrected chi connectivity index (χ3v) is 8.64. The fraction of sp³-hybridized carbons (Fsp3) is 0.435. The van der Waals surface area contributed by atoms with Gasteiger partial charge in [-0.2, -0.15) is 0 Å². The molecule has 1 atom stereocenters. The molecular formula is C23H28BrClN2O3S. The molecule has 5 nitrogen and oxygen atoms in total. The Hall–Kier alpha value is -1.41.